The number of carbonyl (C=O) groups excluding carboxylic acids is 3. The fourth-order valence-corrected chi connectivity index (χ4v) is 6.55. The third-order valence-electron chi connectivity index (χ3n) is 10.5. The predicted molar refractivity (Wildman–Crippen MR) is 279 cm³/mol. The molecule has 1 unspecified atom stereocenters. The van der Waals surface area contributed by atoms with Crippen molar-refractivity contribution in [3.8, 4) is 0 Å². The van der Waals surface area contributed by atoms with Gasteiger partial charge in [-0.15, -0.1) is 0 Å². The number of esters is 3. The van der Waals surface area contributed by atoms with Gasteiger partial charge in [-0.05, 0) is 109 Å². The summed E-state index contributed by atoms with van der Waals surface area (Å²) in [4.78, 5) is 37.6. The smallest absolute Gasteiger partial charge is 0.306 e. The first-order valence-corrected chi connectivity index (χ1v) is 26.0. The second-order valence-corrected chi connectivity index (χ2v) is 16.7. The van der Waals surface area contributed by atoms with Crippen molar-refractivity contribution in [1.82, 2.24) is 0 Å². The van der Waals surface area contributed by atoms with Crippen LogP contribution in [0.1, 0.15) is 213 Å². The summed E-state index contributed by atoms with van der Waals surface area (Å²) in [6.45, 7) is 6.34. The minimum atomic E-state index is -0.803. The van der Waals surface area contributed by atoms with Crippen LogP contribution >= 0.6 is 0 Å². The van der Waals surface area contributed by atoms with Gasteiger partial charge >= 0.3 is 17.9 Å². The van der Waals surface area contributed by atoms with E-state index in [1.165, 1.54) is 38.5 Å². The molecular formula is C59H94O6. The lowest BCUT2D eigenvalue weighted by atomic mass is 10.1. The average Bonchev–Trinajstić information content (AvgIpc) is 3.30. The van der Waals surface area contributed by atoms with E-state index in [0.29, 0.717) is 19.3 Å². The lowest BCUT2D eigenvalue weighted by Crippen LogP contribution is -2.30. The first kappa shape index (κ1) is 60.8. The molecule has 0 amide bonds. The topological polar surface area (TPSA) is 78.9 Å². The Bertz CT molecular complexity index is 1400. The maximum absolute atomic E-state index is 12.7. The number of allylic oxidation sites excluding steroid dienone is 20. The minimum Gasteiger partial charge on any atom is -0.462 e. The molecule has 0 aliphatic rings. The summed E-state index contributed by atoms with van der Waals surface area (Å²) < 4.78 is 16.6. The number of hydrogen-bond donors (Lipinski definition) is 0. The van der Waals surface area contributed by atoms with Gasteiger partial charge in [-0.3, -0.25) is 14.4 Å². The molecule has 0 aromatic heterocycles. The van der Waals surface area contributed by atoms with Gasteiger partial charge in [0.2, 0.25) is 0 Å². The Morgan fingerprint density at radius 2 is 0.615 bits per heavy atom. The van der Waals surface area contributed by atoms with Crippen LogP contribution in [-0.2, 0) is 28.6 Å². The van der Waals surface area contributed by atoms with Gasteiger partial charge in [0.25, 0.3) is 0 Å². The summed E-state index contributed by atoms with van der Waals surface area (Å²) in [5, 5.41) is 0. The molecule has 0 aromatic carbocycles. The van der Waals surface area contributed by atoms with Crippen molar-refractivity contribution < 1.29 is 28.6 Å². The zero-order chi connectivity index (χ0) is 47.2. The molecule has 0 saturated carbocycles. The zero-order valence-corrected chi connectivity index (χ0v) is 41.7. The van der Waals surface area contributed by atoms with Gasteiger partial charge in [0.1, 0.15) is 13.2 Å². The molecule has 0 rings (SSSR count). The molecule has 0 aromatic rings. The summed E-state index contributed by atoms with van der Waals surface area (Å²) >= 11 is 0. The Kier molecular flexibility index (Phi) is 49.1. The van der Waals surface area contributed by atoms with Gasteiger partial charge in [0.05, 0.1) is 0 Å². The molecule has 0 radical (unpaired) electrons. The van der Waals surface area contributed by atoms with Crippen molar-refractivity contribution in [2.75, 3.05) is 13.2 Å². The van der Waals surface area contributed by atoms with E-state index in [-0.39, 0.29) is 37.5 Å². The third kappa shape index (κ3) is 50.7. The highest BCUT2D eigenvalue weighted by molar-refractivity contribution is 5.71. The van der Waals surface area contributed by atoms with Crippen molar-refractivity contribution in [3.63, 3.8) is 0 Å². The quantitative estimate of drug-likeness (QED) is 0.0262. The molecule has 366 valence electrons. The maximum Gasteiger partial charge on any atom is 0.306 e. The summed E-state index contributed by atoms with van der Waals surface area (Å²) in [6.07, 6.45) is 72.3. The van der Waals surface area contributed by atoms with Crippen LogP contribution in [-0.4, -0.2) is 37.2 Å². The Morgan fingerprint density at radius 3 is 1.03 bits per heavy atom. The van der Waals surface area contributed by atoms with Crippen molar-refractivity contribution >= 4 is 17.9 Å². The fourth-order valence-electron chi connectivity index (χ4n) is 6.55. The summed E-state index contributed by atoms with van der Waals surface area (Å²) in [6, 6.07) is 0. The van der Waals surface area contributed by atoms with E-state index in [2.05, 4.69) is 142 Å². The minimum absolute atomic E-state index is 0.103. The molecule has 0 fully saturated rings. The molecule has 0 aliphatic heterocycles. The monoisotopic (exact) mass is 899 g/mol. The van der Waals surface area contributed by atoms with E-state index in [0.717, 1.165) is 128 Å². The van der Waals surface area contributed by atoms with E-state index >= 15 is 0 Å². The average molecular weight is 899 g/mol. The largest absolute Gasteiger partial charge is 0.462 e. The molecule has 0 aliphatic carbocycles. The number of carbonyl (C=O) groups is 3. The molecular weight excluding hydrogens is 805 g/mol. The Balaban J connectivity index is 4.25. The Morgan fingerprint density at radius 1 is 0.323 bits per heavy atom. The highest BCUT2D eigenvalue weighted by Gasteiger charge is 2.19. The SMILES string of the molecule is CC/C=C\C/C=C\C/C=C\C/C=C\C/C=C\C/C=C\C/C=C\C/C=C\C/C=C\CCCC(=O)OCC(COC(=O)CCCCCCC)OC(=O)CCCCCCC/C=C\CCCCCC. The van der Waals surface area contributed by atoms with Crippen LogP contribution in [0.4, 0.5) is 0 Å². The fraction of sp³-hybridized carbons (Fsp3) is 0.610. The number of ether oxygens (including phenoxy) is 3. The normalized spacial score (nSPS) is 13.1. The molecule has 0 bridgehead atoms. The van der Waals surface area contributed by atoms with Gasteiger partial charge in [-0.1, -0.05) is 206 Å². The molecule has 1 atom stereocenters. The molecule has 0 heterocycles. The third-order valence-corrected chi connectivity index (χ3v) is 10.5. The zero-order valence-electron chi connectivity index (χ0n) is 41.7. The van der Waals surface area contributed by atoms with Gasteiger partial charge in [0, 0.05) is 19.3 Å². The van der Waals surface area contributed by atoms with Gasteiger partial charge in [-0.25, -0.2) is 0 Å². The van der Waals surface area contributed by atoms with Crippen LogP contribution in [0, 0.1) is 0 Å². The number of rotatable bonds is 45. The van der Waals surface area contributed by atoms with Gasteiger partial charge in [0.15, 0.2) is 6.10 Å². The van der Waals surface area contributed by atoms with E-state index in [9.17, 15) is 14.4 Å². The van der Waals surface area contributed by atoms with E-state index in [1.54, 1.807) is 0 Å². The first-order chi connectivity index (χ1) is 32.0. The van der Waals surface area contributed by atoms with E-state index in [1.807, 2.05) is 0 Å². The van der Waals surface area contributed by atoms with E-state index in [4.69, 9.17) is 14.2 Å². The van der Waals surface area contributed by atoms with Crippen LogP contribution in [0.25, 0.3) is 0 Å². The second-order valence-electron chi connectivity index (χ2n) is 16.7. The van der Waals surface area contributed by atoms with E-state index < -0.39 is 6.10 Å². The van der Waals surface area contributed by atoms with Crippen molar-refractivity contribution in [2.45, 2.75) is 219 Å². The second kappa shape index (κ2) is 52.4. The van der Waals surface area contributed by atoms with Crippen LogP contribution in [0.3, 0.4) is 0 Å². The highest BCUT2D eigenvalue weighted by Crippen LogP contribution is 2.12. The lowest BCUT2D eigenvalue weighted by Gasteiger charge is -2.18. The van der Waals surface area contributed by atoms with Crippen molar-refractivity contribution in [3.05, 3.63) is 122 Å². The lowest BCUT2D eigenvalue weighted by molar-refractivity contribution is -0.167. The van der Waals surface area contributed by atoms with Crippen molar-refractivity contribution in [1.29, 1.82) is 0 Å². The van der Waals surface area contributed by atoms with Crippen LogP contribution < -0.4 is 0 Å². The molecule has 65 heavy (non-hydrogen) atoms. The summed E-state index contributed by atoms with van der Waals surface area (Å²) in [5.74, 6) is -0.998. The first-order valence-electron chi connectivity index (χ1n) is 26.0. The molecule has 0 N–H and O–H groups in total. The van der Waals surface area contributed by atoms with Gasteiger partial charge in [-0.2, -0.15) is 0 Å². The predicted octanol–water partition coefficient (Wildman–Crippen LogP) is 17.3. The molecule has 6 nitrogen and oxygen atoms in total. The molecule has 0 saturated heterocycles. The highest BCUT2D eigenvalue weighted by atomic mass is 16.6. The van der Waals surface area contributed by atoms with Crippen LogP contribution in [0.5, 0.6) is 0 Å². The summed E-state index contributed by atoms with van der Waals surface area (Å²) in [7, 11) is 0. The molecule has 0 spiro atoms. The maximum atomic E-state index is 12.7. The Hall–Kier alpha value is -4.19. The molecule has 6 heteroatoms. The number of unbranched alkanes of at least 4 members (excludes halogenated alkanes) is 14. The van der Waals surface area contributed by atoms with Crippen LogP contribution in [0.2, 0.25) is 0 Å². The standard InChI is InChI=1S/C59H94O6/c1-4-7-10-13-15-17-19-21-22-23-24-25-26-27-28-29-30-31-32-33-34-35-36-38-39-41-43-46-49-52-58(61)64-55-56(54-63-57(60)51-48-45-12-9-6-3)65-59(62)53-50-47-44-42-40-37-20-18-16-14-11-8-5-2/h7,10,15,17-18,20-22,24-25,27-28,30-31,33-34,36,38,41,43,56H,4-6,8-9,11-14,16,19,23,26,29,32,35,37,39-40,42,44-55H2,1-3H3/b10-7-,17-15-,20-18-,22-21-,25-24-,28-27-,31-30-,34-33-,38-36-,43-41-. The summed E-state index contributed by atoms with van der Waals surface area (Å²) in [5.41, 5.74) is 0. The van der Waals surface area contributed by atoms with Crippen LogP contribution in [0.15, 0.2) is 122 Å². The van der Waals surface area contributed by atoms with Gasteiger partial charge < -0.3 is 14.2 Å². The van der Waals surface area contributed by atoms with Crippen molar-refractivity contribution in [2.24, 2.45) is 0 Å². The number of hydrogen-bond acceptors (Lipinski definition) is 6. The Labute approximate surface area is 399 Å².